The lowest BCUT2D eigenvalue weighted by molar-refractivity contribution is 0.0945. The minimum atomic E-state index is -0.542. The number of halogens is 3. The fourth-order valence-electron chi connectivity index (χ4n) is 2.16. The number of rotatable bonds is 5. The van der Waals surface area contributed by atoms with Crippen molar-refractivity contribution in [1.29, 1.82) is 0 Å². The van der Waals surface area contributed by atoms with Crippen LogP contribution in [0.5, 0.6) is 0 Å². The van der Waals surface area contributed by atoms with E-state index in [1.165, 1.54) is 36.5 Å². The highest BCUT2D eigenvalue weighted by Gasteiger charge is 2.10. The Bertz CT molecular complexity index is 952. The van der Waals surface area contributed by atoms with E-state index in [-0.39, 0.29) is 23.2 Å². The summed E-state index contributed by atoms with van der Waals surface area (Å²) >= 11 is 5.72. The van der Waals surface area contributed by atoms with Gasteiger partial charge in [-0.15, -0.1) is 0 Å². The Morgan fingerprint density at radius 1 is 1.08 bits per heavy atom. The van der Waals surface area contributed by atoms with Crippen molar-refractivity contribution in [3.63, 3.8) is 0 Å². The summed E-state index contributed by atoms with van der Waals surface area (Å²) in [6, 6.07) is 11.6. The van der Waals surface area contributed by atoms with Crippen molar-refractivity contribution in [3.05, 3.63) is 82.6 Å². The molecule has 0 fully saturated rings. The Hall–Kier alpha value is -3.06. The van der Waals surface area contributed by atoms with Crippen LogP contribution >= 0.6 is 11.6 Å². The molecular formula is C18H13ClF2N4O. The molecule has 3 rings (SSSR count). The smallest absolute Gasteiger partial charge is 0.270 e. The molecular weight excluding hydrogens is 362 g/mol. The van der Waals surface area contributed by atoms with E-state index in [9.17, 15) is 13.6 Å². The molecule has 1 heterocycles. The van der Waals surface area contributed by atoms with E-state index < -0.39 is 17.5 Å². The minimum Gasteiger partial charge on any atom is -0.347 e. The van der Waals surface area contributed by atoms with Crippen molar-refractivity contribution in [2.75, 3.05) is 5.32 Å². The highest BCUT2D eigenvalue weighted by molar-refractivity contribution is 6.31. The molecule has 8 heteroatoms. The van der Waals surface area contributed by atoms with Crippen LogP contribution in [0.4, 0.5) is 20.4 Å². The van der Waals surface area contributed by atoms with Crippen LogP contribution in [0.25, 0.3) is 0 Å². The van der Waals surface area contributed by atoms with Gasteiger partial charge in [0.1, 0.15) is 17.3 Å². The van der Waals surface area contributed by atoms with E-state index in [1.54, 1.807) is 18.2 Å². The first kappa shape index (κ1) is 17.8. The molecule has 0 aliphatic heterocycles. The number of carbonyl (C=O) groups excluding carboxylic acids is 1. The summed E-state index contributed by atoms with van der Waals surface area (Å²) in [6.07, 6.45) is 1.40. The zero-order valence-electron chi connectivity index (χ0n) is 13.3. The number of nitrogens with one attached hydrogen (secondary N) is 2. The van der Waals surface area contributed by atoms with E-state index in [2.05, 4.69) is 20.6 Å². The Balaban J connectivity index is 1.69. The van der Waals surface area contributed by atoms with E-state index in [1.807, 2.05) is 0 Å². The monoisotopic (exact) mass is 374 g/mol. The number of hydrogen-bond donors (Lipinski definition) is 2. The van der Waals surface area contributed by atoms with Crippen molar-refractivity contribution in [3.8, 4) is 0 Å². The molecule has 0 aliphatic rings. The van der Waals surface area contributed by atoms with Crippen LogP contribution in [-0.4, -0.2) is 15.9 Å². The summed E-state index contributed by atoms with van der Waals surface area (Å²) in [5, 5.41) is 5.39. The van der Waals surface area contributed by atoms with Gasteiger partial charge in [0, 0.05) is 24.0 Å². The molecule has 26 heavy (non-hydrogen) atoms. The first-order valence-corrected chi connectivity index (χ1v) is 7.97. The molecule has 1 aromatic heterocycles. The lowest BCUT2D eigenvalue weighted by atomic mass is 10.2. The zero-order valence-corrected chi connectivity index (χ0v) is 14.1. The van der Waals surface area contributed by atoms with Crippen molar-refractivity contribution in [2.45, 2.75) is 6.54 Å². The maximum atomic E-state index is 13.6. The normalized spacial score (nSPS) is 10.4. The second-order valence-electron chi connectivity index (χ2n) is 5.29. The third-order valence-electron chi connectivity index (χ3n) is 3.46. The highest BCUT2D eigenvalue weighted by atomic mass is 35.5. The predicted molar refractivity (Wildman–Crippen MR) is 94.3 cm³/mol. The summed E-state index contributed by atoms with van der Waals surface area (Å²) in [5.74, 6) is -1.27. The molecule has 3 aromatic rings. The molecule has 0 bridgehead atoms. The molecule has 0 radical (unpaired) electrons. The number of benzene rings is 2. The van der Waals surface area contributed by atoms with E-state index >= 15 is 0 Å². The molecule has 2 aromatic carbocycles. The largest absolute Gasteiger partial charge is 0.347 e. The van der Waals surface area contributed by atoms with Gasteiger partial charge in [-0.25, -0.2) is 18.7 Å². The van der Waals surface area contributed by atoms with Crippen LogP contribution in [-0.2, 0) is 6.54 Å². The van der Waals surface area contributed by atoms with Gasteiger partial charge in [0.05, 0.1) is 5.02 Å². The Morgan fingerprint density at radius 2 is 1.88 bits per heavy atom. The summed E-state index contributed by atoms with van der Waals surface area (Å²) in [5.41, 5.74) is 0.946. The maximum absolute atomic E-state index is 13.6. The van der Waals surface area contributed by atoms with Gasteiger partial charge in [-0.3, -0.25) is 4.79 Å². The van der Waals surface area contributed by atoms with Crippen LogP contribution in [0.15, 0.2) is 54.7 Å². The van der Waals surface area contributed by atoms with Gasteiger partial charge in [0.25, 0.3) is 5.91 Å². The van der Waals surface area contributed by atoms with Crippen molar-refractivity contribution >= 4 is 29.1 Å². The Labute approximate surface area is 153 Å². The van der Waals surface area contributed by atoms with Crippen molar-refractivity contribution in [1.82, 2.24) is 15.3 Å². The fourth-order valence-corrected chi connectivity index (χ4v) is 2.34. The third-order valence-corrected chi connectivity index (χ3v) is 3.75. The second-order valence-corrected chi connectivity index (χ2v) is 5.70. The average Bonchev–Trinajstić information content (AvgIpc) is 2.64. The topological polar surface area (TPSA) is 66.9 Å². The molecule has 0 saturated heterocycles. The molecule has 0 unspecified atom stereocenters. The minimum absolute atomic E-state index is 0.0336. The Morgan fingerprint density at radius 3 is 2.65 bits per heavy atom. The molecule has 132 valence electrons. The molecule has 0 saturated carbocycles. The Kier molecular flexibility index (Phi) is 5.38. The summed E-state index contributed by atoms with van der Waals surface area (Å²) in [4.78, 5) is 20.3. The van der Waals surface area contributed by atoms with E-state index in [4.69, 9.17) is 11.6 Å². The maximum Gasteiger partial charge on any atom is 0.270 e. The molecule has 2 N–H and O–H groups in total. The number of anilines is 2. The summed E-state index contributed by atoms with van der Waals surface area (Å²) in [7, 11) is 0. The van der Waals surface area contributed by atoms with Crippen LogP contribution in [0.2, 0.25) is 5.02 Å². The standard InChI is InChI=1S/C18H13ClF2N4O/c19-13-9-12(5-6-15(13)21)24-18-22-8-7-16(25-18)17(26)23-10-11-3-1-2-4-14(11)20/h1-9H,10H2,(H,23,26)(H,22,24,25). The van der Waals surface area contributed by atoms with Crippen LogP contribution in [0, 0.1) is 11.6 Å². The molecule has 0 aliphatic carbocycles. The average molecular weight is 375 g/mol. The molecule has 1 amide bonds. The fraction of sp³-hybridized carbons (Fsp3) is 0.0556. The summed E-state index contributed by atoms with van der Waals surface area (Å²) < 4.78 is 26.8. The molecule has 0 spiro atoms. The second kappa shape index (κ2) is 7.88. The zero-order chi connectivity index (χ0) is 18.5. The molecule has 5 nitrogen and oxygen atoms in total. The van der Waals surface area contributed by atoms with Crippen LogP contribution < -0.4 is 10.6 Å². The van der Waals surface area contributed by atoms with Gasteiger partial charge in [-0.05, 0) is 30.3 Å². The van der Waals surface area contributed by atoms with Gasteiger partial charge in [-0.1, -0.05) is 29.8 Å². The van der Waals surface area contributed by atoms with Crippen molar-refractivity contribution in [2.24, 2.45) is 0 Å². The lowest BCUT2D eigenvalue weighted by Gasteiger charge is -2.08. The quantitative estimate of drug-likeness (QED) is 0.706. The third kappa shape index (κ3) is 4.31. The van der Waals surface area contributed by atoms with Crippen LogP contribution in [0.3, 0.4) is 0 Å². The van der Waals surface area contributed by atoms with Gasteiger partial charge in [0.15, 0.2) is 0 Å². The van der Waals surface area contributed by atoms with E-state index in [0.29, 0.717) is 11.3 Å². The van der Waals surface area contributed by atoms with Crippen molar-refractivity contribution < 1.29 is 13.6 Å². The number of nitrogens with zero attached hydrogens (tertiary/aromatic N) is 2. The van der Waals surface area contributed by atoms with E-state index in [0.717, 1.165) is 0 Å². The SMILES string of the molecule is O=C(NCc1ccccc1F)c1ccnc(Nc2ccc(F)c(Cl)c2)n1. The van der Waals surface area contributed by atoms with Gasteiger partial charge in [-0.2, -0.15) is 0 Å². The number of carbonyl (C=O) groups is 1. The molecule has 0 atom stereocenters. The van der Waals surface area contributed by atoms with Crippen LogP contribution in [0.1, 0.15) is 16.1 Å². The number of aromatic nitrogens is 2. The van der Waals surface area contributed by atoms with Gasteiger partial charge >= 0.3 is 0 Å². The highest BCUT2D eigenvalue weighted by Crippen LogP contribution is 2.21. The first-order chi connectivity index (χ1) is 12.5. The van der Waals surface area contributed by atoms with Gasteiger partial charge < -0.3 is 10.6 Å². The van der Waals surface area contributed by atoms with Gasteiger partial charge in [0.2, 0.25) is 5.95 Å². The number of hydrogen-bond acceptors (Lipinski definition) is 4. The summed E-state index contributed by atoms with van der Waals surface area (Å²) in [6.45, 7) is 0.0336. The predicted octanol–water partition coefficient (Wildman–Crippen LogP) is 4.08. The first-order valence-electron chi connectivity index (χ1n) is 7.59. The number of amides is 1. The lowest BCUT2D eigenvalue weighted by Crippen LogP contribution is -2.24.